The van der Waals surface area contributed by atoms with Crippen LogP contribution in [-0.4, -0.2) is 37.6 Å². The van der Waals surface area contributed by atoms with Crippen molar-refractivity contribution in [2.24, 2.45) is 0 Å². The van der Waals surface area contributed by atoms with Crippen LogP contribution in [-0.2, 0) is 5.88 Å². The van der Waals surface area contributed by atoms with Crippen molar-refractivity contribution >= 4 is 28.9 Å². The van der Waals surface area contributed by atoms with E-state index in [0.717, 1.165) is 42.3 Å². The quantitative estimate of drug-likeness (QED) is 0.779. The molecular formula is C15H22Cl2N2. The van der Waals surface area contributed by atoms with Crippen molar-refractivity contribution in [3.63, 3.8) is 0 Å². The molecule has 0 amide bonds. The number of benzene rings is 1. The van der Waals surface area contributed by atoms with Gasteiger partial charge in [-0.05, 0) is 38.1 Å². The van der Waals surface area contributed by atoms with E-state index in [4.69, 9.17) is 23.2 Å². The molecule has 1 fully saturated rings. The highest BCUT2D eigenvalue weighted by Crippen LogP contribution is 2.34. The van der Waals surface area contributed by atoms with Crippen molar-refractivity contribution in [2.75, 3.05) is 31.6 Å². The number of anilines is 1. The van der Waals surface area contributed by atoms with E-state index in [9.17, 15) is 0 Å². The van der Waals surface area contributed by atoms with Gasteiger partial charge in [0.15, 0.2) is 0 Å². The van der Waals surface area contributed by atoms with Crippen molar-refractivity contribution < 1.29 is 0 Å². The Labute approximate surface area is 126 Å². The molecule has 0 saturated carbocycles. The van der Waals surface area contributed by atoms with Crippen LogP contribution >= 0.6 is 23.2 Å². The lowest BCUT2D eigenvalue weighted by molar-refractivity contribution is 0.328. The average molecular weight is 301 g/mol. The topological polar surface area (TPSA) is 6.48 Å². The minimum Gasteiger partial charge on any atom is -0.366 e. The molecule has 1 atom stereocenters. The summed E-state index contributed by atoms with van der Waals surface area (Å²) in [5.74, 6) is 0.513. The molecule has 0 bridgehead atoms. The highest BCUT2D eigenvalue weighted by Gasteiger charge is 2.25. The molecule has 1 aromatic carbocycles. The molecule has 19 heavy (non-hydrogen) atoms. The van der Waals surface area contributed by atoms with Crippen molar-refractivity contribution in [1.29, 1.82) is 0 Å². The Hall–Kier alpha value is -0.440. The standard InChI is InChI=1S/C15H22Cl2N2/c1-3-13-11-18(2)8-5-9-19(13)15-12(10-16)6-4-7-14(15)17/h4,6-7,13H,3,5,8-11H2,1-2H3. The highest BCUT2D eigenvalue weighted by molar-refractivity contribution is 6.33. The molecule has 0 aromatic heterocycles. The zero-order valence-corrected chi connectivity index (χ0v) is 13.2. The van der Waals surface area contributed by atoms with Crippen molar-refractivity contribution in [3.8, 4) is 0 Å². The molecule has 2 nitrogen and oxygen atoms in total. The average Bonchev–Trinajstić information content (AvgIpc) is 2.59. The summed E-state index contributed by atoms with van der Waals surface area (Å²) in [6, 6.07) is 6.53. The summed E-state index contributed by atoms with van der Waals surface area (Å²) in [5.41, 5.74) is 2.28. The predicted molar refractivity (Wildman–Crippen MR) is 84.5 cm³/mol. The Morgan fingerprint density at radius 3 is 2.79 bits per heavy atom. The fourth-order valence-electron chi connectivity index (χ4n) is 2.88. The molecule has 0 N–H and O–H groups in total. The third-order valence-corrected chi connectivity index (χ3v) is 4.47. The molecule has 1 saturated heterocycles. The largest absolute Gasteiger partial charge is 0.366 e. The van der Waals surface area contributed by atoms with Crippen molar-refractivity contribution in [2.45, 2.75) is 31.7 Å². The Morgan fingerprint density at radius 2 is 2.11 bits per heavy atom. The SMILES string of the molecule is CCC1CN(C)CCCN1c1c(Cl)cccc1CCl. The third-order valence-electron chi connectivity index (χ3n) is 3.87. The second kappa shape index (κ2) is 6.83. The lowest BCUT2D eigenvalue weighted by Crippen LogP contribution is -2.40. The Morgan fingerprint density at radius 1 is 1.32 bits per heavy atom. The zero-order chi connectivity index (χ0) is 13.8. The molecular weight excluding hydrogens is 279 g/mol. The number of hydrogen-bond donors (Lipinski definition) is 0. The first-order valence-corrected chi connectivity index (χ1v) is 7.87. The molecule has 4 heteroatoms. The third kappa shape index (κ3) is 3.36. The van der Waals surface area contributed by atoms with Gasteiger partial charge < -0.3 is 9.80 Å². The van der Waals surface area contributed by atoms with Gasteiger partial charge in [0.1, 0.15) is 0 Å². The summed E-state index contributed by atoms with van der Waals surface area (Å²) >= 11 is 12.5. The van der Waals surface area contributed by atoms with E-state index in [0.29, 0.717) is 11.9 Å². The smallest absolute Gasteiger partial charge is 0.0642 e. The fraction of sp³-hybridized carbons (Fsp3) is 0.600. The zero-order valence-electron chi connectivity index (χ0n) is 11.7. The summed E-state index contributed by atoms with van der Waals surface area (Å²) in [4.78, 5) is 4.87. The second-order valence-corrected chi connectivity index (χ2v) is 5.93. The van der Waals surface area contributed by atoms with Gasteiger partial charge in [0.2, 0.25) is 0 Å². The lowest BCUT2D eigenvalue weighted by atomic mass is 10.1. The Bertz CT molecular complexity index is 423. The monoisotopic (exact) mass is 300 g/mol. The summed E-state index contributed by atoms with van der Waals surface area (Å²) in [6.07, 6.45) is 2.29. The summed E-state index contributed by atoms with van der Waals surface area (Å²) in [6.45, 7) is 5.53. The van der Waals surface area contributed by atoms with Crippen LogP contribution in [0.15, 0.2) is 18.2 Å². The van der Waals surface area contributed by atoms with E-state index in [1.807, 2.05) is 12.1 Å². The van der Waals surface area contributed by atoms with Crippen LogP contribution in [0.1, 0.15) is 25.3 Å². The van der Waals surface area contributed by atoms with E-state index >= 15 is 0 Å². The maximum absolute atomic E-state index is 6.44. The van der Waals surface area contributed by atoms with Gasteiger partial charge in [-0.15, -0.1) is 11.6 Å². The second-order valence-electron chi connectivity index (χ2n) is 5.25. The molecule has 1 heterocycles. The summed E-state index contributed by atoms with van der Waals surface area (Å²) < 4.78 is 0. The summed E-state index contributed by atoms with van der Waals surface area (Å²) in [7, 11) is 2.20. The first kappa shape index (κ1) is 15.0. The maximum atomic E-state index is 6.44. The van der Waals surface area contributed by atoms with Crippen LogP contribution in [0.25, 0.3) is 0 Å². The first-order chi connectivity index (χ1) is 9.17. The minimum absolute atomic E-state index is 0.509. The fourth-order valence-corrected chi connectivity index (χ4v) is 3.39. The lowest BCUT2D eigenvalue weighted by Gasteiger charge is -2.34. The van der Waals surface area contributed by atoms with Gasteiger partial charge in [0.25, 0.3) is 0 Å². The van der Waals surface area contributed by atoms with E-state index < -0.39 is 0 Å². The van der Waals surface area contributed by atoms with Gasteiger partial charge in [0, 0.05) is 25.0 Å². The highest BCUT2D eigenvalue weighted by atomic mass is 35.5. The van der Waals surface area contributed by atoms with E-state index in [-0.39, 0.29) is 0 Å². The molecule has 1 aromatic rings. The van der Waals surface area contributed by atoms with Crippen LogP contribution in [0.4, 0.5) is 5.69 Å². The Kier molecular flexibility index (Phi) is 5.37. The first-order valence-electron chi connectivity index (χ1n) is 6.96. The van der Waals surface area contributed by atoms with Crippen LogP contribution in [0.5, 0.6) is 0 Å². The number of para-hydroxylation sites is 1. The molecule has 1 unspecified atom stereocenters. The Balaban J connectivity index is 2.37. The minimum atomic E-state index is 0.509. The van der Waals surface area contributed by atoms with Crippen LogP contribution in [0.3, 0.4) is 0 Å². The van der Waals surface area contributed by atoms with Crippen LogP contribution in [0, 0.1) is 0 Å². The number of likely N-dealkylation sites (N-methyl/N-ethyl adjacent to an activating group) is 1. The number of hydrogen-bond acceptors (Lipinski definition) is 2. The number of halogens is 2. The van der Waals surface area contributed by atoms with Crippen molar-refractivity contribution in [3.05, 3.63) is 28.8 Å². The molecule has 1 aliphatic rings. The number of alkyl halides is 1. The molecule has 106 valence electrons. The van der Waals surface area contributed by atoms with Crippen LogP contribution < -0.4 is 4.90 Å². The van der Waals surface area contributed by atoms with Gasteiger partial charge in [-0.25, -0.2) is 0 Å². The molecule has 2 rings (SSSR count). The molecule has 1 aliphatic heterocycles. The normalized spacial score (nSPS) is 21.5. The number of rotatable bonds is 3. The van der Waals surface area contributed by atoms with Gasteiger partial charge in [-0.2, -0.15) is 0 Å². The molecule has 0 spiro atoms. The predicted octanol–water partition coefficient (Wildman–Crippen LogP) is 4.00. The molecule has 0 aliphatic carbocycles. The van der Waals surface area contributed by atoms with Gasteiger partial charge in [-0.3, -0.25) is 0 Å². The maximum Gasteiger partial charge on any atom is 0.0642 e. The van der Waals surface area contributed by atoms with Crippen LogP contribution in [0.2, 0.25) is 5.02 Å². The summed E-state index contributed by atoms with van der Waals surface area (Å²) in [5, 5.41) is 0.821. The van der Waals surface area contributed by atoms with E-state index in [2.05, 4.69) is 29.8 Å². The van der Waals surface area contributed by atoms with Gasteiger partial charge >= 0.3 is 0 Å². The van der Waals surface area contributed by atoms with Gasteiger partial charge in [0.05, 0.1) is 10.7 Å². The van der Waals surface area contributed by atoms with Crippen molar-refractivity contribution in [1.82, 2.24) is 4.90 Å². The van der Waals surface area contributed by atoms with Gasteiger partial charge in [-0.1, -0.05) is 30.7 Å². The van der Waals surface area contributed by atoms with E-state index in [1.165, 1.54) is 6.42 Å². The number of nitrogens with zero attached hydrogens (tertiary/aromatic N) is 2. The van der Waals surface area contributed by atoms with E-state index in [1.54, 1.807) is 0 Å². The molecule has 0 radical (unpaired) electrons.